The Morgan fingerprint density at radius 3 is 1.85 bits per heavy atom. The SMILES string of the molecule is COc1ccc(C(Cl)c2c(F)cc(OC)cc2F)cc1. The zero-order valence-corrected chi connectivity index (χ0v) is 11.7. The summed E-state index contributed by atoms with van der Waals surface area (Å²) in [5.74, 6) is -0.717. The van der Waals surface area contributed by atoms with Crippen LogP contribution in [0.5, 0.6) is 11.5 Å². The average molecular weight is 299 g/mol. The number of alkyl halides is 1. The van der Waals surface area contributed by atoms with Crippen LogP contribution in [-0.4, -0.2) is 14.2 Å². The van der Waals surface area contributed by atoms with Gasteiger partial charge in [-0.1, -0.05) is 12.1 Å². The highest BCUT2D eigenvalue weighted by Crippen LogP contribution is 2.35. The molecule has 0 saturated carbocycles. The molecular formula is C15H13ClF2O2. The van der Waals surface area contributed by atoms with E-state index in [2.05, 4.69) is 0 Å². The first-order valence-corrected chi connectivity index (χ1v) is 6.31. The molecule has 0 spiro atoms. The molecule has 1 unspecified atom stereocenters. The average Bonchev–Trinajstić information content (AvgIpc) is 2.46. The van der Waals surface area contributed by atoms with Crippen LogP contribution in [0.1, 0.15) is 16.5 Å². The van der Waals surface area contributed by atoms with Crippen LogP contribution in [0.2, 0.25) is 0 Å². The quantitative estimate of drug-likeness (QED) is 0.783. The number of hydrogen-bond acceptors (Lipinski definition) is 2. The highest BCUT2D eigenvalue weighted by molar-refractivity contribution is 6.22. The number of halogens is 3. The first kappa shape index (κ1) is 14.6. The normalized spacial score (nSPS) is 12.1. The summed E-state index contributed by atoms with van der Waals surface area (Å²) in [6.07, 6.45) is 0. The molecular weight excluding hydrogens is 286 g/mol. The summed E-state index contributed by atoms with van der Waals surface area (Å²) < 4.78 is 37.7. The molecule has 0 amide bonds. The van der Waals surface area contributed by atoms with Crippen molar-refractivity contribution in [2.75, 3.05) is 14.2 Å². The van der Waals surface area contributed by atoms with E-state index in [-0.39, 0.29) is 11.3 Å². The van der Waals surface area contributed by atoms with Crippen LogP contribution in [0.4, 0.5) is 8.78 Å². The summed E-state index contributed by atoms with van der Waals surface area (Å²) in [5.41, 5.74) is 0.382. The summed E-state index contributed by atoms with van der Waals surface area (Å²) in [4.78, 5) is 0. The number of benzene rings is 2. The Morgan fingerprint density at radius 1 is 0.900 bits per heavy atom. The topological polar surface area (TPSA) is 18.5 Å². The van der Waals surface area contributed by atoms with E-state index >= 15 is 0 Å². The third-order valence-electron chi connectivity index (χ3n) is 2.95. The van der Waals surface area contributed by atoms with Crippen molar-refractivity contribution in [3.63, 3.8) is 0 Å². The molecule has 1 atom stereocenters. The van der Waals surface area contributed by atoms with Crippen LogP contribution in [0.15, 0.2) is 36.4 Å². The van der Waals surface area contributed by atoms with Gasteiger partial charge in [0.1, 0.15) is 23.1 Å². The van der Waals surface area contributed by atoms with Crippen molar-refractivity contribution in [2.24, 2.45) is 0 Å². The predicted octanol–water partition coefficient (Wildman–Crippen LogP) is 4.31. The molecule has 106 valence electrons. The Balaban J connectivity index is 2.39. The monoisotopic (exact) mass is 298 g/mol. The number of hydrogen-bond donors (Lipinski definition) is 0. The molecule has 2 aromatic carbocycles. The highest BCUT2D eigenvalue weighted by atomic mass is 35.5. The fourth-order valence-corrected chi connectivity index (χ4v) is 2.21. The molecule has 2 rings (SSSR count). The van der Waals surface area contributed by atoms with Gasteiger partial charge in [0.2, 0.25) is 0 Å². The molecule has 2 aromatic rings. The van der Waals surface area contributed by atoms with E-state index in [1.165, 1.54) is 14.2 Å². The van der Waals surface area contributed by atoms with Gasteiger partial charge in [-0.3, -0.25) is 0 Å². The lowest BCUT2D eigenvalue weighted by molar-refractivity contribution is 0.405. The molecule has 0 aliphatic carbocycles. The van der Waals surface area contributed by atoms with E-state index < -0.39 is 17.0 Å². The van der Waals surface area contributed by atoms with Crippen LogP contribution in [0.3, 0.4) is 0 Å². The second kappa shape index (κ2) is 6.09. The first-order valence-electron chi connectivity index (χ1n) is 5.87. The Kier molecular flexibility index (Phi) is 4.45. The summed E-state index contributed by atoms with van der Waals surface area (Å²) in [6, 6.07) is 8.92. The van der Waals surface area contributed by atoms with Gasteiger partial charge < -0.3 is 9.47 Å². The zero-order chi connectivity index (χ0) is 14.7. The molecule has 0 radical (unpaired) electrons. The minimum absolute atomic E-state index is 0.113. The van der Waals surface area contributed by atoms with Gasteiger partial charge in [0.15, 0.2) is 0 Å². The Hall–Kier alpha value is -1.81. The number of methoxy groups -OCH3 is 2. The van der Waals surface area contributed by atoms with Gasteiger partial charge in [0, 0.05) is 17.7 Å². The molecule has 0 aliphatic heterocycles. The Bertz CT molecular complexity index is 576. The maximum absolute atomic E-state index is 14.0. The van der Waals surface area contributed by atoms with E-state index in [9.17, 15) is 8.78 Å². The molecule has 0 heterocycles. The summed E-state index contributed by atoms with van der Waals surface area (Å²) >= 11 is 6.17. The van der Waals surface area contributed by atoms with Crippen LogP contribution in [-0.2, 0) is 0 Å². The zero-order valence-electron chi connectivity index (χ0n) is 11.0. The molecule has 20 heavy (non-hydrogen) atoms. The van der Waals surface area contributed by atoms with Crippen molar-refractivity contribution in [2.45, 2.75) is 5.38 Å². The van der Waals surface area contributed by atoms with Crippen LogP contribution in [0, 0.1) is 11.6 Å². The lowest BCUT2D eigenvalue weighted by Gasteiger charge is -2.14. The molecule has 0 bridgehead atoms. The summed E-state index contributed by atoms with van der Waals surface area (Å²) in [5, 5.41) is -0.924. The fourth-order valence-electron chi connectivity index (χ4n) is 1.86. The van der Waals surface area contributed by atoms with Gasteiger partial charge in [0.25, 0.3) is 0 Å². The molecule has 0 saturated heterocycles. The van der Waals surface area contributed by atoms with Gasteiger partial charge in [-0.15, -0.1) is 11.6 Å². The Morgan fingerprint density at radius 2 is 1.40 bits per heavy atom. The second-order valence-electron chi connectivity index (χ2n) is 4.14. The lowest BCUT2D eigenvalue weighted by Crippen LogP contribution is -2.02. The first-order chi connectivity index (χ1) is 9.56. The minimum Gasteiger partial charge on any atom is -0.497 e. The molecule has 0 aliphatic rings. The van der Waals surface area contributed by atoms with Crippen molar-refractivity contribution < 1.29 is 18.3 Å². The predicted molar refractivity (Wildman–Crippen MR) is 73.6 cm³/mol. The van der Waals surface area contributed by atoms with Crippen LogP contribution < -0.4 is 9.47 Å². The van der Waals surface area contributed by atoms with Gasteiger partial charge in [-0.25, -0.2) is 8.78 Å². The van der Waals surface area contributed by atoms with Crippen molar-refractivity contribution in [1.82, 2.24) is 0 Å². The fraction of sp³-hybridized carbons (Fsp3) is 0.200. The minimum atomic E-state index is -0.924. The third kappa shape index (κ3) is 2.85. The summed E-state index contributed by atoms with van der Waals surface area (Å²) in [6.45, 7) is 0. The molecule has 5 heteroatoms. The van der Waals surface area contributed by atoms with Gasteiger partial charge >= 0.3 is 0 Å². The third-order valence-corrected chi connectivity index (χ3v) is 3.42. The Labute approximate surface area is 120 Å². The second-order valence-corrected chi connectivity index (χ2v) is 4.58. The van der Waals surface area contributed by atoms with Crippen molar-refractivity contribution in [3.05, 3.63) is 59.2 Å². The van der Waals surface area contributed by atoms with E-state index in [4.69, 9.17) is 21.1 Å². The van der Waals surface area contributed by atoms with E-state index in [1.807, 2.05) is 0 Å². The van der Waals surface area contributed by atoms with Gasteiger partial charge in [0.05, 0.1) is 19.6 Å². The smallest absolute Gasteiger partial charge is 0.134 e. The molecule has 0 N–H and O–H groups in total. The lowest BCUT2D eigenvalue weighted by atomic mass is 10.0. The van der Waals surface area contributed by atoms with E-state index in [0.29, 0.717) is 11.3 Å². The van der Waals surface area contributed by atoms with Crippen molar-refractivity contribution >= 4 is 11.6 Å². The summed E-state index contributed by atoms with van der Waals surface area (Å²) in [7, 11) is 2.88. The van der Waals surface area contributed by atoms with Gasteiger partial charge in [-0.05, 0) is 17.7 Å². The molecule has 0 fully saturated rings. The number of ether oxygens (including phenoxy) is 2. The standard InChI is InChI=1S/C15H13ClF2O2/c1-19-10-5-3-9(4-6-10)15(16)14-12(17)7-11(20-2)8-13(14)18/h3-8,15H,1-2H3. The largest absolute Gasteiger partial charge is 0.497 e. The number of rotatable bonds is 4. The molecule has 2 nitrogen and oxygen atoms in total. The van der Waals surface area contributed by atoms with Crippen molar-refractivity contribution in [3.8, 4) is 11.5 Å². The van der Waals surface area contributed by atoms with Gasteiger partial charge in [-0.2, -0.15) is 0 Å². The maximum Gasteiger partial charge on any atom is 0.134 e. The maximum atomic E-state index is 14.0. The van der Waals surface area contributed by atoms with E-state index in [1.54, 1.807) is 24.3 Å². The highest BCUT2D eigenvalue weighted by Gasteiger charge is 2.21. The van der Waals surface area contributed by atoms with Crippen LogP contribution in [0.25, 0.3) is 0 Å². The van der Waals surface area contributed by atoms with Crippen LogP contribution >= 0.6 is 11.6 Å². The van der Waals surface area contributed by atoms with E-state index in [0.717, 1.165) is 12.1 Å². The van der Waals surface area contributed by atoms with Crippen molar-refractivity contribution in [1.29, 1.82) is 0 Å². The molecule has 0 aromatic heterocycles.